The van der Waals surface area contributed by atoms with Crippen LogP contribution in [0.5, 0.6) is 0 Å². The first kappa shape index (κ1) is 22.9. The second kappa shape index (κ2) is 8.94. The lowest BCUT2D eigenvalue weighted by molar-refractivity contribution is -0.154. The third-order valence-electron chi connectivity index (χ3n) is 4.13. The highest BCUT2D eigenvalue weighted by Gasteiger charge is 2.51. The molecule has 10 heteroatoms. The van der Waals surface area contributed by atoms with Crippen molar-refractivity contribution < 1.29 is 28.0 Å². The molecule has 3 atom stereocenters. The number of nitrogens with one attached hydrogen (secondary N) is 1. The van der Waals surface area contributed by atoms with Gasteiger partial charge in [-0.1, -0.05) is 28.2 Å². The summed E-state index contributed by atoms with van der Waals surface area (Å²) in [5.74, 6) is -1.79. The van der Waals surface area contributed by atoms with E-state index in [9.17, 15) is 23.3 Å². The molecule has 0 aromatic heterocycles. The molecule has 160 valence electrons. The standard InChI is InChI=1S/C19H24ClF2N3O4/c1-11(26)23-14-10-24(18(28)29-19(2,3)4)16(15(14)21)17(27)25(22)9-12-6-5-7-13(20)8-12/h5-8,14-16H,9-10H2,1-4H3,(H,23,26)/t14-,15+,16+/m1/s1. The Labute approximate surface area is 172 Å². The Bertz CT molecular complexity index is 787. The number of halogens is 3. The van der Waals surface area contributed by atoms with Crippen molar-refractivity contribution in [2.45, 2.75) is 58.1 Å². The first-order chi connectivity index (χ1) is 13.4. The summed E-state index contributed by atoms with van der Waals surface area (Å²) < 4.78 is 34.8. The Morgan fingerprint density at radius 3 is 2.55 bits per heavy atom. The molecule has 7 nitrogen and oxygen atoms in total. The van der Waals surface area contributed by atoms with E-state index >= 15 is 0 Å². The van der Waals surface area contributed by atoms with Gasteiger partial charge in [-0.25, -0.2) is 9.18 Å². The monoisotopic (exact) mass is 431 g/mol. The predicted molar refractivity (Wildman–Crippen MR) is 102 cm³/mol. The first-order valence-electron chi connectivity index (χ1n) is 9.01. The van der Waals surface area contributed by atoms with Gasteiger partial charge in [-0.2, -0.15) is 5.12 Å². The Morgan fingerprint density at radius 2 is 2.00 bits per heavy atom. The zero-order chi connectivity index (χ0) is 21.9. The maximum atomic E-state index is 15.0. The molecule has 0 radical (unpaired) electrons. The van der Waals surface area contributed by atoms with Crippen molar-refractivity contribution in [3.8, 4) is 0 Å². The van der Waals surface area contributed by atoms with E-state index in [0.29, 0.717) is 10.6 Å². The van der Waals surface area contributed by atoms with E-state index in [1.165, 1.54) is 13.0 Å². The Kier molecular flexibility index (Phi) is 7.05. The molecule has 1 N–H and O–H groups in total. The van der Waals surface area contributed by atoms with Gasteiger partial charge < -0.3 is 10.1 Å². The largest absolute Gasteiger partial charge is 0.444 e. The van der Waals surface area contributed by atoms with Crippen LogP contribution >= 0.6 is 11.6 Å². The normalized spacial score (nSPS) is 21.6. The minimum absolute atomic E-state index is 0.170. The Hall–Kier alpha value is -2.42. The number of rotatable bonds is 4. The molecule has 1 aliphatic heterocycles. The van der Waals surface area contributed by atoms with E-state index in [2.05, 4.69) is 5.32 Å². The molecule has 1 fully saturated rings. The number of hydrogen-bond acceptors (Lipinski definition) is 4. The van der Waals surface area contributed by atoms with E-state index < -0.39 is 48.3 Å². The van der Waals surface area contributed by atoms with Crippen LogP contribution in [-0.2, 0) is 20.9 Å². The van der Waals surface area contributed by atoms with Crippen LogP contribution < -0.4 is 5.32 Å². The second-order valence-corrected chi connectivity index (χ2v) is 8.25. The smallest absolute Gasteiger partial charge is 0.411 e. The van der Waals surface area contributed by atoms with Crippen molar-refractivity contribution in [2.75, 3.05) is 6.54 Å². The van der Waals surface area contributed by atoms with Gasteiger partial charge in [0.1, 0.15) is 11.6 Å². The van der Waals surface area contributed by atoms with Gasteiger partial charge in [-0.3, -0.25) is 14.5 Å². The highest BCUT2D eigenvalue weighted by Crippen LogP contribution is 2.27. The van der Waals surface area contributed by atoms with Crippen molar-refractivity contribution in [3.05, 3.63) is 34.9 Å². The lowest BCUT2D eigenvalue weighted by Crippen LogP contribution is -2.50. The minimum atomic E-state index is -2.00. The molecule has 1 aromatic carbocycles. The average Bonchev–Trinajstić information content (AvgIpc) is 2.89. The van der Waals surface area contributed by atoms with Gasteiger partial charge in [0, 0.05) is 18.5 Å². The quantitative estimate of drug-likeness (QED) is 0.743. The maximum Gasteiger partial charge on any atom is 0.411 e. The van der Waals surface area contributed by atoms with Crippen LogP contribution in [0.25, 0.3) is 0 Å². The molecule has 0 aliphatic carbocycles. The summed E-state index contributed by atoms with van der Waals surface area (Å²) in [6.07, 6.45) is -2.97. The lowest BCUT2D eigenvalue weighted by atomic mass is 10.1. The lowest BCUT2D eigenvalue weighted by Gasteiger charge is -2.29. The molecular weight excluding hydrogens is 408 g/mol. The van der Waals surface area contributed by atoms with Gasteiger partial charge in [0.15, 0.2) is 6.17 Å². The summed E-state index contributed by atoms with van der Waals surface area (Å²) in [5.41, 5.74) is -0.511. The number of carbonyl (C=O) groups excluding carboxylic acids is 3. The number of carbonyl (C=O) groups is 3. The zero-order valence-electron chi connectivity index (χ0n) is 16.6. The van der Waals surface area contributed by atoms with Crippen molar-refractivity contribution in [2.24, 2.45) is 0 Å². The summed E-state index contributed by atoms with van der Waals surface area (Å²) in [6, 6.07) is 3.27. The van der Waals surface area contributed by atoms with Crippen LogP contribution in [0.3, 0.4) is 0 Å². The first-order valence-corrected chi connectivity index (χ1v) is 9.39. The maximum absolute atomic E-state index is 15.0. The molecule has 1 aromatic rings. The molecule has 3 amide bonds. The van der Waals surface area contributed by atoms with Gasteiger partial charge in [0.25, 0.3) is 5.91 Å². The molecule has 1 saturated heterocycles. The van der Waals surface area contributed by atoms with Gasteiger partial charge >= 0.3 is 6.09 Å². The van der Waals surface area contributed by atoms with Crippen LogP contribution in [-0.4, -0.2) is 58.3 Å². The number of nitrogens with zero attached hydrogens (tertiary/aromatic N) is 2. The van der Waals surface area contributed by atoms with Gasteiger partial charge in [0.2, 0.25) is 5.91 Å². The molecule has 1 aliphatic rings. The fourth-order valence-corrected chi connectivity index (χ4v) is 3.21. The Morgan fingerprint density at radius 1 is 1.34 bits per heavy atom. The minimum Gasteiger partial charge on any atom is -0.444 e. The molecule has 2 rings (SSSR count). The number of ether oxygens (including phenoxy) is 1. The third-order valence-corrected chi connectivity index (χ3v) is 4.37. The fraction of sp³-hybridized carbons (Fsp3) is 0.526. The fourth-order valence-electron chi connectivity index (χ4n) is 3.00. The van der Waals surface area contributed by atoms with E-state index in [4.69, 9.17) is 16.3 Å². The van der Waals surface area contributed by atoms with Crippen LogP contribution in [0.4, 0.5) is 13.7 Å². The molecule has 0 saturated carbocycles. The molecular formula is C19H24ClF2N3O4. The molecule has 0 unspecified atom stereocenters. The van der Waals surface area contributed by atoms with Crippen LogP contribution in [0, 0.1) is 0 Å². The summed E-state index contributed by atoms with van der Waals surface area (Å²) >= 11 is 5.86. The molecule has 0 bridgehead atoms. The number of likely N-dealkylation sites (tertiary alicyclic amines) is 1. The van der Waals surface area contributed by atoms with E-state index in [1.54, 1.807) is 39.0 Å². The highest BCUT2D eigenvalue weighted by molar-refractivity contribution is 6.30. The molecule has 0 spiro atoms. The number of alkyl halides is 1. The van der Waals surface area contributed by atoms with Crippen LogP contribution in [0.2, 0.25) is 5.02 Å². The number of hydrogen-bond donors (Lipinski definition) is 1. The van der Waals surface area contributed by atoms with E-state index in [0.717, 1.165) is 4.90 Å². The van der Waals surface area contributed by atoms with E-state index in [-0.39, 0.29) is 11.7 Å². The van der Waals surface area contributed by atoms with E-state index in [1.807, 2.05) is 0 Å². The van der Waals surface area contributed by atoms with Crippen LogP contribution in [0.1, 0.15) is 33.3 Å². The van der Waals surface area contributed by atoms with Crippen molar-refractivity contribution >= 4 is 29.5 Å². The zero-order valence-corrected chi connectivity index (χ0v) is 17.4. The van der Waals surface area contributed by atoms with Crippen molar-refractivity contribution in [1.29, 1.82) is 0 Å². The SMILES string of the molecule is CC(=O)N[C@@H]1CN(C(=O)OC(C)(C)C)[C@H](C(=O)N(F)Cc2cccc(Cl)c2)[C@H]1F. The summed E-state index contributed by atoms with van der Waals surface area (Å²) in [4.78, 5) is 37.3. The van der Waals surface area contributed by atoms with Crippen molar-refractivity contribution in [3.63, 3.8) is 0 Å². The van der Waals surface area contributed by atoms with Gasteiger partial charge in [0.05, 0.1) is 12.6 Å². The topological polar surface area (TPSA) is 79.0 Å². The predicted octanol–water partition coefficient (Wildman–Crippen LogP) is 3.02. The van der Waals surface area contributed by atoms with Crippen molar-refractivity contribution in [1.82, 2.24) is 15.3 Å². The average molecular weight is 432 g/mol. The molecule has 1 heterocycles. The molecule has 29 heavy (non-hydrogen) atoms. The summed E-state index contributed by atoms with van der Waals surface area (Å²) in [6.45, 7) is 5.21. The number of benzene rings is 1. The van der Waals surface area contributed by atoms with Gasteiger partial charge in [-0.05, 0) is 38.5 Å². The Balaban J connectivity index is 2.24. The highest BCUT2D eigenvalue weighted by atomic mass is 35.5. The summed E-state index contributed by atoms with van der Waals surface area (Å²) in [7, 11) is 0. The third kappa shape index (κ3) is 6.03. The summed E-state index contributed by atoms with van der Waals surface area (Å²) in [5, 5.41) is 2.53. The van der Waals surface area contributed by atoms with Gasteiger partial charge in [-0.15, -0.1) is 0 Å². The van der Waals surface area contributed by atoms with Crippen LogP contribution in [0.15, 0.2) is 24.3 Å². The number of amides is 3. The second-order valence-electron chi connectivity index (χ2n) is 7.82.